The summed E-state index contributed by atoms with van der Waals surface area (Å²) < 4.78 is 7.02. The van der Waals surface area contributed by atoms with Crippen LogP contribution in [-0.4, -0.2) is 40.4 Å². The Balaban J connectivity index is 1.84. The van der Waals surface area contributed by atoms with Gasteiger partial charge in [0.2, 0.25) is 6.10 Å². The molecule has 0 saturated heterocycles. The van der Waals surface area contributed by atoms with Gasteiger partial charge in [-0.1, -0.05) is 30.3 Å². The van der Waals surface area contributed by atoms with Gasteiger partial charge in [0.15, 0.2) is 0 Å². The highest BCUT2D eigenvalue weighted by molar-refractivity contribution is 5.92. The fourth-order valence-electron chi connectivity index (χ4n) is 2.82. The largest absolute Gasteiger partial charge is 0.444 e. The van der Waals surface area contributed by atoms with Crippen molar-refractivity contribution in [3.05, 3.63) is 88.1 Å². The quantitative estimate of drug-likeness (QED) is 0.690. The number of hydrogen-bond donors (Lipinski definition) is 1. The number of benzene rings is 2. The van der Waals surface area contributed by atoms with Crippen molar-refractivity contribution in [2.75, 3.05) is 14.1 Å². The van der Waals surface area contributed by atoms with Gasteiger partial charge in [0.1, 0.15) is 0 Å². The summed E-state index contributed by atoms with van der Waals surface area (Å²) in [6, 6.07) is 15.3. The van der Waals surface area contributed by atoms with Gasteiger partial charge in [0, 0.05) is 31.5 Å². The summed E-state index contributed by atoms with van der Waals surface area (Å²) in [6.07, 6.45) is 0.583. The molecule has 0 aliphatic heterocycles. The van der Waals surface area contributed by atoms with E-state index in [1.807, 2.05) is 6.07 Å². The molecular formula is C21H21N3O4. The summed E-state index contributed by atoms with van der Waals surface area (Å²) in [5, 5.41) is 0. The maximum atomic E-state index is 12.6. The topological polar surface area (TPSA) is 84.4 Å². The van der Waals surface area contributed by atoms with Crippen LogP contribution in [-0.2, 0) is 9.53 Å². The molecule has 3 rings (SSSR count). The normalized spacial score (nSPS) is 11.7. The number of hydrogen-bond acceptors (Lipinski definition) is 4. The number of esters is 1. The van der Waals surface area contributed by atoms with Crippen LogP contribution in [0.25, 0.3) is 5.69 Å². The second kappa shape index (κ2) is 7.96. The summed E-state index contributed by atoms with van der Waals surface area (Å²) in [7, 11) is 3.22. The molecule has 0 saturated carbocycles. The minimum atomic E-state index is -1.03. The van der Waals surface area contributed by atoms with E-state index in [0.717, 1.165) is 5.69 Å². The number of aromatic amines is 1. The Morgan fingerprint density at radius 1 is 1.04 bits per heavy atom. The van der Waals surface area contributed by atoms with E-state index in [1.165, 1.54) is 9.47 Å². The van der Waals surface area contributed by atoms with Crippen molar-refractivity contribution in [3.63, 3.8) is 0 Å². The van der Waals surface area contributed by atoms with Crippen molar-refractivity contribution in [2.45, 2.75) is 13.0 Å². The van der Waals surface area contributed by atoms with Gasteiger partial charge < -0.3 is 14.6 Å². The molecule has 1 aromatic heterocycles. The lowest BCUT2D eigenvalue weighted by atomic mass is 10.1. The van der Waals surface area contributed by atoms with E-state index in [9.17, 15) is 14.4 Å². The second-order valence-electron chi connectivity index (χ2n) is 6.55. The van der Waals surface area contributed by atoms with Gasteiger partial charge in [-0.2, -0.15) is 0 Å². The summed E-state index contributed by atoms with van der Waals surface area (Å²) in [5.74, 6) is -0.945. The Kier molecular flexibility index (Phi) is 5.44. The third-order valence-corrected chi connectivity index (χ3v) is 4.31. The molecule has 7 nitrogen and oxygen atoms in total. The summed E-state index contributed by atoms with van der Waals surface area (Å²) in [4.78, 5) is 41.0. The first-order chi connectivity index (χ1) is 13.4. The van der Waals surface area contributed by atoms with Gasteiger partial charge in [0.05, 0.1) is 11.3 Å². The number of H-pyrrole nitrogens is 1. The highest BCUT2D eigenvalue weighted by atomic mass is 16.5. The monoisotopic (exact) mass is 379 g/mol. The number of carbonyl (C=O) groups excluding carboxylic acids is 2. The van der Waals surface area contributed by atoms with Crippen LogP contribution in [0, 0.1) is 6.92 Å². The molecule has 1 atom stereocenters. The average Bonchev–Trinajstić information content (AvgIpc) is 3.04. The number of imidazole rings is 1. The molecular weight excluding hydrogens is 358 g/mol. The molecule has 2 aromatic carbocycles. The van der Waals surface area contributed by atoms with E-state index >= 15 is 0 Å². The SMILES string of the molecule is Cc1c[nH]c(=O)n1-c1ccc(C(=O)OC(C(=O)N(C)C)c2ccccc2)cc1. The second-order valence-corrected chi connectivity index (χ2v) is 6.55. The van der Waals surface area contributed by atoms with E-state index in [2.05, 4.69) is 4.98 Å². The fraction of sp³-hybridized carbons (Fsp3) is 0.190. The average molecular weight is 379 g/mol. The minimum Gasteiger partial charge on any atom is -0.444 e. The Bertz CT molecular complexity index is 1030. The van der Waals surface area contributed by atoms with E-state index in [1.54, 1.807) is 75.7 Å². The fourth-order valence-corrected chi connectivity index (χ4v) is 2.82. The maximum absolute atomic E-state index is 12.6. The maximum Gasteiger partial charge on any atom is 0.339 e. The van der Waals surface area contributed by atoms with E-state index < -0.39 is 12.1 Å². The highest BCUT2D eigenvalue weighted by Crippen LogP contribution is 2.21. The van der Waals surface area contributed by atoms with Crippen LogP contribution in [0.2, 0.25) is 0 Å². The Morgan fingerprint density at radius 3 is 2.21 bits per heavy atom. The van der Waals surface area contributed by atoms with Crippen LogP contribution in [0.1, 0.15) is 27.7 Å². The van der Waals surface area contributed by atoms with Gasteiger partial charge in [-0.15, -0.1) is 0 Å². The number of aromatic nitrogens is 2. The van der Waals surface area contributed by atoms with Gasteiger partial charge in [-0.05, 0) is 31.2 Å². The standard InChI is InChI=1S/C21H21N3O4/c1-14-13-22-21(27)24(14)17-11-9-16(10-12-17)20(26)28-18(19(25)23(2)3)15-7-5-4-6-8-15/h4-13,18H,1-3H3,(H,22,27). The highest BCUT2D eigenvalue weighted by Gasteiger charge is 2.27. The lowest BCUT2D eigenvalue weighted by Gasteiger charge is -2.21. The minimum absolute atomic E-state index is 0.256. The molecule has 7 heteroatoms. The lowest BCUT2D eigenvalue weighted by molar-refractivity contribution is -0.138. The third kappa shape index (κ3) is 3.88. The number of nitrogens with one attached hydrogen (secondary N) is 1. The molecule has 3 aromatic rings. The molecule has 1 heterocycles. The zero-order chi connectivity index (χ0) is 20.3. The van der Waals surface area contributed by atoms with Crippen LogP contribution < -0.4 is 5.69 Å². The molecule has 1 unspecified atom stereocenters. The summed E-state index contributed by atoms with van der Waals surface area (Å²) in [6.45, 7) is 1.80. The molecule has 28 heavy (non-hydrogen) atoms. The number of rotatable bonds is 5. The molecule has 0 aliphatic carbocycles. The van der Waals surface area contributed by atoms with Crippen molar-refractivity contribution < 1.29 is 14.3 Å². The van der Waals surface area contributed by atoms with Crippen molar-refractivity contribution >= 4 is 11.9 Å². The zero-order valence-electron chi connectivity index (χ0n) is 15.9. The number of carbonyl (C=O) groups is 2. The van der Waals surface area contributed by atoms with Crippen LogP contribution in [0.3, 0.4) is 0 Å². The molecule has 0 spiro atoms. The Morgan fingerprint density at radius 2 is 1.68 bits per heavy atom. The third-order valence-electron chi connectivity index (χ3n) is 4.31. The first kappa shape index (κ1) is 19.2. The summed E-state index contributed by atoms with van der Waals surface area (Å²) >= 11 is 0. The lowest BCUT2D eigenvalue weighted by Crippen LogP contribution is -2.31. The van der Waals surface area contributed by atoms with E-state index in [-0.39, 0.29) is 17.2 Å². The number of amides is 1. The molecule has 0 aliphatic rings. The first-order valence-electron chi connectivity index (χ1n) is 8.73. The number of likely N-dealkylation sites (N-methyl/N-ethyl adjacent to an activating group) is 1. The number of aryl methyl sites for hydroxylation is 1. The van der Waals surface area contributed by atoms with E-state index in [0.29, 0.717) is 11.3 Å². The molecule has 1 N–H and O–H groups in total. The molecule has 0 radical (unpaired) electrons. The van der Waals surface area contributed by atoms with Crippen LogP contribution in [0.4, 0.5) is 0 Å². The first-order valence-corrected chi connectivity index (χ1v) is 8.73. The van der Waals surface area contributed by atoms with Crippen molar-refractivity contribution in [2.24, 2.45) is 0 Å². The van der Waals surface area contributed by atoms with Crippen molar-refractivity contribution in [1.29, 1.82) is 0 Å². The molecule has 0 fully saturated rings. The number of ether oxygens (including phenoxy) is 1. The van der Waals surface area contributed by atoms with Crippen LogP contribution in [0.15, 0.2) is 65.6 Å². The molecule has 0 bridgehead atoms. The molecule has 144 valence electrons. The van der Waals surface area contributed by atoms with Crippen LogP contribution in [0.5, 0.6) is 0 Å². The smallest absolute Gasteiger partial charge is 0.339 e. The van der Waals surface area contributed by atoms with Crippen LogP contribution >= 0.6 is 0 Å². The molecule has 1 amide bonds. The van der Waals surface area contributed by atoms with E-state index in [4.69, 9.17) is 4.74 Å². The van der Waals surface area contributed by atoms with Gasteiger partial charge in [-0.3, -0.25) is 9.36 Å². The predicted molar refractivity (Wildman–Crippen MR) is 104 cm³/mol. The van der Waals surface area contributed by atoms with Crippen molar-refractivity contribution in [1.82, 2.24) is 14.5 Å². The predicted octanol–water partition coefficient (Wildman–Crippen LogP) is 2.46. The van der Waals surface area contributed by atoms with Gasteiger partial charge in [0.25, 0.3) is 5.91 Å². The van der Waals surface area contributed by atoms with Gasteiger partial charge in [-0.25, -0.2) is 9.59 Å². The number of nitrogens with zero attached hydrogens (tertiary/aromatic N) is 2. The zero-order valence-corrected chi connectivity index (χ0v) is 15.9. The Labute approximate surface area is 162 Å². The summed E-state index contributed by atoms with van der Waals surface area (Å²) in [5.41, 5.74) is 2.01. The Hall–Kier alpha value is -3.61. The van der Waals surface area contributed by atoms with Crippen molar-refractivity contribution in [3.8, 4) is 5.69 Å². The van der Waals surface area contributed by atoms with Gasteiger partial charge >= 0.3 is 11.7 Å².